The van der Waals surface area contributed by atoms with Crippen molar-refractivity contribution >= 4 is 5.96 Å². The van der Waals surface area contributed by atoms with Gasteiger partial charge in [0.2, 0.25) is 0 Å². The van der Waals surface area contributed by atoms with E-state index in [1.807, 2.05) is 18.2 Å². The Bertz CT molecular complexity index is 571. The molecule has 0 aliphatic heterocycles. The van der Waals surface area contributed by atoms with Gasteiger partial charge in [0.15, 0.2) is 17.5 Å². The molecule has 6 nitrogen and oxygen atoms in total. The van der Waals surface area contributed by atoms with Crippen LogP contribution in [0.25, 0.3) is 0 Å². The van der Waals surface area contributed by atoms with Crippen molar-refractivity contribution in [2.45, 2.75) is 32.1 Å². The minimum absolute atomic E-state index is 0.297. The third-order valence-electron chi connectivity index (χ3n) is 5.00. The minimum Gasteiger partial charge on any atom is -0.493 e. The molecular formula is C19H31N3O3. The third kappa shape index (κ3) is 5.53. The van der Waals surface area contributed by atoms with Crippen LogP contribution in [-0.2, 0) is 11.2 Å². The molecule has 1 aromatic carbocycles. The maximum atomic E-state index is 6.02. The first-order chi connectivity index (χ1) is 12.1. The van der Waals surface area contributed by atoms with Crippen LogP contribution >= 0.6 is 0 Å². The average Bonchev–Trinajstić information content (AvgIpc) is 2.60. The van der Waals surface area contributed by atoms with Gasteiger partial charge in [-0.25, -0.2) is 0 Å². The van der Waals surface area contributed by atoms with Crippen molar-refractivity contribution in [2.75, 3.05) is 41.0 Å². The standard InChI is InChI=1S/C19H31N3O3/c1-23-12-10-19(8-4-9-19)14-22-18(20)21-11-7-15-5-6-16(24-2)17(13-15)25-3/h5-6,13H,4,7-12,14H2,1-3H3,(H3,20,21,22). The van der Waals surface area contributed by atoms with Gasteiger partial charge in [-0.3, -0.25) is 4.99 Å². The van der Waals surface area contributed by atoms with E-state index in [2.05, 4.69) is 10.3 Å². The van der Waals surface area contributed by atoms with E-state index in [1.165, 1.54) is 19.3 Å². The maximum absolute atomic E-state index is 6.02. The van der Waals surface area contributed by atoms with Gasteiger partial charge < -0.3 is 25.3 Å². The van der Waals surface area contributed by atoms with Gasteiger partial charge >= 0.3 is 0 Å². The zero-order chi connectivity index (χ0) is 18.1. The Morgan fingerprint density at radius 2 is 1.96 bits per heavy atom. The normalized spacial score (nSPS) is 16.2. The van der Waals surface area contributed by atoms with E-state index < -0.39 is 0 Å². The first kappa shape index (κ1) is 19.4. The van der Waals surface area contributed by atoms with Crippen LogP contribution in [0.4, 0.5) is 0 Å². The van der Waals surface area contributed by atoms with Gasteiger partial charge in [-0.05, 0) is 48.8 Å². The molecule has 140 valence electrons. The number of nitrogens with one attached hydrogen (secondary N) is 1. The van der Waals surface area contributed by atoms with E-state index >= 15 is 0 Å². The Labute approximate surface area is 150 Å². The maximum Gasteiger partial charge on any atom is 0.188 e. The number of nitrogens with two attached hydrogens (primary N) is 1. The summed E-state index contributed by atoms with van der Waals surface area (Å²) in [5.74, 6) is 2.00. The van der Waals surface area contributed by atoms with Crippen molar-refractivity contribution in [1.82, 2.24) is 5.32 Å². The van der Waals surface area contributed by atoms with E-state index in [1.54, 1.807) is 21.3 Å². The predicted molar refractivity (Wildman–Crippen MR) is 101 cm³/mol. The van der Waals surface area contributed by atoms with Gasteiger partial charge in [0.05, 0.1) is 14.2 Å². The molecule has 1 aliphatic carbocycles. The molecule has 0 unspecified atom stereocenters. The van der Waals surface area contributed by atoms with Crippen LogP contribution in [0, 0.1) is 5.41 Å². The highest BCUT2D eigenvalue weighted by molar-refractivity contribution is 5.77. The Morgan fingerprint density at radius 1 is 1.20 bits per heavy atom. The van der Waals surface area contributed by atoms with E-state index in [9.17, 15) is 0 Å². The quantitative estimate of drug-likeness (QED) is 0.501. The highest BCUT2D eigenvalue weighted by Gasteiger charge is 2.36. The lowest BCUT2D eigenvalue weighted by Crippen LogP contribution is -2.38. The van der Waals surface area contributed by atoms with Crippen molar-refractivity contribution in [3.63, 3.8) is 0 Å². The van der Waals surface area contributed by atoms with Gasteiger partial charge in [-0.2, -0.15) is 0 Å². The number of guanidine groups is 1. The first-order valence-electron chi connectivity index (χ1n) is 8.86. The van der Waals surface area contributed by atoms with E-state index in [4.69, 9.17) is 19.9 Å². The van der Waals surface area contributed by atoms with E-state index in [-0.39, 0.29) is 0 Å². The summed E-state index contributed by atoms with van der Waals surface area (Å²) in [7, 11) is 5.03. The smallest absolute Gasteiger partial charge is 0.188 e. The highest BCUT2D eigenvalue weighted by Crippen LogP contribution is 2.44. The summed E-state index contributed by atoms with van der Waals surface area (Å²) in [5.41, 5.74) is 7.48. The molecule has 1 fully saturated rings. The van der Waals surface area contributed by atoms with Crippen LogP contribution in [0.5, 0.6) is 11.5 Å². The topological polar surface area (TPSA) is 78.1 Å². The molecule has 0 heterocycles. The van der Waals surface area contributed by atoms with Crippen LogP contribution in [0.15, 0.2) is 23.2 Å². The SMILES string of the molecule is COCCC1(CN=C(N)NCCc2ccc(OC)c(OC)c2)CCC1. The fourth-order valence-corrected chi connectivity index (χ4v) is 3.16. The molecular weight excluding hydrogens is 318 g/mol. The molecule has 6 heteroatoms. The van der Waals surface area contributed by atoms with Gasteiger partial charge in [-0.15, -0.1) is 0 Å². The Hall–Kier alpha value is -1.95. The van der Waals surface area contributed by atoms with Crippen molar-refractivity contribution in [3.8, 4) is 11.5 Å². The van der Waals surface area contributed by atoms with Crippen LogP contribution in [0.2, 0.25) is 0 Å². The van der Waals surface area contributed by atoms with Gasteiger partial charge in [0.25, 0.3) is 0 Å². The summed E-state index contributed by atoms with van der Waals surface area (Å²) in [6.07, 6.45) is 5.63. The molecule has 0 amide bonds. The summed E-state index contributed by atoms with van der Waals surface area (Å²) < 4.78 is 15.8. The number of hydrogen-bond donors (Lipinski definition) is 2. The Balaban J connectivity index is 1.79. The second-order valence-electron chi connectivity index (χ2n) is 6.66. The van der Waals surface area contributed by atoms with E-state index in [0.29, 0.717) is 11.4 Å². The molecule has 0 spiro atoms. The van der Waals surface area contributed by atoms with E-state index in [0.717, 1.165) is 49.6 Å². The first-order valence-corrected chi connectivity index (χ1v) is 8.86. The van der Waals surface area contributed by atoms with Crippen LogP contribution in [0.3, 0.4) is 0 Å². The van der Waals surface area contributed by atoms with Gasteiger partial charge in [0, 0.05) is 26.8 Å². The zero-order valence-corrected chi connectivity index (χ0v) is 15.6. The molecule has 0 bridgehead atoms. The molecule has 25 heavy (non-hydrogen) atoms. The zero-order valence-electron chi connectivity index (χ0n) is 15.6. The molecule has 2 rings (SSSR count). The molecule has 1 aromatic rings. The lowest BCUT2D eigenvalue weighted by molar-refractivity contribution is 0.0779. The monoisotopic (exact) mass is 349 g/mol. The number of rotatable bonds is 10. The number of hydrogen-bond acceptors (Lipinski definition) is 4. The average molecular weight is 349 g/mol. The lowest BCUT2D eigenvalue weighted by Gasteiger charge is -2.40. The second kappa shape index (κ2) is 9.51. The summed E-state index contributed by atoms with van der Waals surface area (Å²) >= 11 is 0. The highest BCUT2D eigenvalue weighted by atomic mass is 16.5. The Kier molecular flexibility index (Phi) is 7.37. The second-order valence-corrected chi connectivity index (χ2v) is 6.66. The third-order valence-corrected chi connectivity index (χ3v) is 5.00. The minimum atomic E-state index is 0.297. The van der Waals surface area contributed by atoms with Crippen molar-refractivity contribution in [1.29, 1.82) is 0 Å². The molecule has 0 radical (unpaired) electrons. The molecule has 0 atom stereocenters. The predicted octanol–water partition coefficient (Wildman–Crippen LogP) is 2.36. The molecule has 3 N–H and O–H groups in total. The summed E-state index contributed by atoms with van der Waals surface area (Å²) in [6, 6.07) is 5.94. The van der Waals surface area contributed by atoms with Crippen LogP contribution in [-0.4, -0.2) is 47.0 Å². The molecule has 0 aromatic heterocycles. The number of ether oxygens (including phenoxy) is 3. The molecule has 1 aliphatic rings. The number of methoxy groups -OCH3 is 3. The van der Waals surface area contributed by atoms with Crippen molar-refractivity contribution in [2.24, 2.45) is 16.1 Å². The van der Waals surface area contributed by atoms with Crippen LogP contribution in [0.1, 0.15) is 31.2 Å². The summed E-state index contributed by atoms with van der Waals surface area (Å²) in [5, 5.41) is 3.20. The summed E-state index contributed by atoms with van der Waals surface area (Å²) in [4.78, 5) is 4.55. The van der Waals surface area contributed by atoms with Crippen LogP contribution < -0.4 is 20.5 Å². The fraction of sp³-hybridized carbons (Fsp3) is 0.632. The number of benzene rings is 1. The fourth-order valence-electron chi connectivity index (χ4n) is 3.16. The molecule has 0 saturated heterocycles. The lowest BCUT2D eigenvalue weighted by atomic mass is 9.67. The van der Waals surface area contributed by atoms with Crippen molar-refractivity contribution < 1.29 is 14.2 Å². The number of aliphatic imine (C=N–C) groups is 1. The largest absolute Gasteiger partial charge is 0.493 e. The summed E-state index contributed by atoms with van der Waals surface area (Å²) in [6.45, 7) is 2.31. The van der Waals surface area contributed by atoms with Gasteiger partial charge in [0.1, 0.15) is 0 Å². The van der Waals surface area contributed by atoms with Gasteiger partial charge in [-0.1, -0.05) is 12.5 Å². The number of nitrogens with zero attached hydrogens (tertiary/aromatic N) is 1. The van der Waals surface area contributed by atoms with Crippen molar-refractivity contribution in [3.05, 3.63) is 23.8 Å². The molecule has 1 saturated carbocycles. The Morgan fingerprint density at radius 3 is 2.56 bits per heavy atom.